The number of benzene rings is 1. The lowest BCUT2D eigenvalue weighted by Crippen LogP contribution is -2.20. The SMILES string of the molecule is O=C(Nc1ccccc1OCC(F)(F)F)C1CC1. The Morgan fingerprint density at radius 3 is 2.61 bits per heavy atom. The molecule has 1 aromatic rings. The number of anilines is 1. The number of ether oxygens (including phenoxy) is 1. The van der Waals surface area contributed by atoms with Crippen molar-refractivity contribution in [3.63, 3.8) is 0 Å². The Hall–Kier alpha value is -1.72. The van der Waals surface area contributed by atoms with Crippen LogP contribution < -0.4 is 10.1 Å². The average Bonchev–Trinajstić information content (AvgIpc) is 3.10. The van der Waals surface area contributed by atoms with Crippen molar-refractivity contribution in [2.24, 2.45) is 5.92 Å². The van der Waals surface area contributed by atoms with E-state index in [1.807, 2.05) is 0 Å². The van der Waals surface area contributed by atoms with Gasteiger partial charge in [-0.1, -0.05) is 12.1 Å². The lowest BCUT2D eigenvalue weighted by Gasteiger charge is -2.13. The van der Waals surface area contributed by atoms with Crippen LogP contribution in [0.2, 0.25) is 0 Å². The highest BCUT2D eigenvalue weighted by atomic mass is 19.4. The topological polar surface area (TPSA) is 38.3 Å². The van der Waals surface area contributed by atoms with Crippen LogP contribution in [0.4, 0.5) is 18.9 Å². The summed E-state index contributed by atoms with van der Waals surface area (Å²) >= 11 is 0. The van der Waals surface area contributed by atoms with Crippen molar-refractivity contribution in [3.8, 4) is 5.75 Å². The Kier molecular flexibility index (Phi) is 3.45. The van der Waals surface area contributed by atoms with E-state index in [1.165, 1.54) is 12.1 Å². The summed E-state index contributed by atoms with van der Waals surface area (Å²) in [5, 5.41) is 2.58. The van der Waals surface area contributed by atoms with E-state index >= 15 is 0 Å². The number of para-hydroxylation sites is 2. The Morgan fingerprint density at radius 1 is 1.33 bits per heavy atom. The van der Waals surface area contributed by atoms with Gasteiger partial charge in [0.1, 0.15) is 5.75 Å². The summed E-state index contributed by atoms with van der Waals surface area (Å²) in [6.07, 6.45) is -2.73. The van der Waals surface area contributed by atoms with Crippen LogP contribution in [0, 0.1) is 5.92 Å². The van der Waals surface area contributed by atoms with Gasteiger partial charge in [0.05, 0.1) is 5.69 Å². The van der Waals surface area contributed by atoms with Crippen LogP contribution in [0.5, 0.6) is 5.75 Å². The second kappa shape index (κ2) is 4.88. The lowest BCUT2D eigenvalue weighted by atomic mass is 10.2. The molecular formula is C12H12F3NO2. The van der Waals surface area contributed by atoms with Gasteiger partial charge in [-0.05, 0) is 25.0 Å². The molecule has 1 fully saturated rings. The predicted octanol–water partition coefficient (Wildman–Crippen LogP) is 2.98. The minimum atomic E-state index is -4.40. The fourth-order valence-corrected chi connectivity index (χ4v) is 1.44. The quantitative estimate of drug-likeness (QED) is 0.902. The first kappa shape index (κ1) is 12.7. The monoisotopic (exact) mass is 259 g/mol. The standard InChI is InChI=1S/C12H12F3NO2/c13-12(14,15)7-18-10-4-2-1-3-9(10)16-11(17)8-5-6-8/h1-4,8H,5-7H2,(H,16,17). The second-order valence-electron chi connectivity index (χ2n) is 4.16. The van der Waals surface area contributed by atoms with Gasteiger partial charge in [0.2, 0.25) is 5.91 Å². The van der Waals surface area contributed by atoms with Crippen molar-refractivity contribution in [2.45, 2.75) is 19.0 Å². The summed E-state index contributed by atoms with van der Waals surface area (Å²) in [6.45, 7) is -1.37. The molecule has 1 aromatic carbocycles. The van der Waals surface area contributed by atoms with Crippen molar-refractivity contribution in [1.82, 2.24) is 0 Å². The maximum atomic E-state index is 12.1. The number of halogens is 3. The molecule has 98 valence electrons. The summed E-state index contributed by atoms with van der Waals surface area (Å²) in [7, 11) is 0. The van der Waals surface area contributed by atoms with Crippen LogP contribution in [0.3, 0.4) is 0 Å². The molecule has 1 saturated carbocycles. The Labute approximate surface area is 102 Å². The molecule has 2 rings (SSSR count). The van der Waals surface area contributed by atoms with Crippen LogP contribution in [-0.4, -0.2) is 18.7 Å². The third-order valence-electron chi connectivity index (χ3n) is 2.48. The number of alkyl halides is 3. The normalized spacial score (nSPS) is 15.3. The van der Waals surface area contributed by atoms with Gasteiger partial charge in [0, 0.05) is 5.92 Å². The summed E-state index contributed by atoms with van der Waals surface area (Å²) in [5.41, 5.74) is 0.277. The fraction of sp³-hybridized carbons (Fsp3) is 0.417. The molecule has 0 atom stereocenters. The molecule has 18 heavy (non-hydrogen) atoms. The second-order valence-corrected chi connectivity index (χ2v) is 4.16. The lowest BCUT2D eigenvalue weighted by molar-refractivity contribution is -0.153. The highest BCUT2D eigenvalue weighted by Gasteiger charge is 2.31. The molecule has 0 saturated heterocycles. The third kappa shape index (κ3) is 3.65. The molecule has 3 nitrogen and oxygen atoms in total. The van der Waals surface area contributed by atoms with Gasteiger partial charge in [-0.2, -0.15) is 13.2 Å². The number of carbonyl (C=O) groups excluding carboxylic acids is 1. The molecule has 0 radical (unpaired) electrons. The van der Waals surface area contributed by atoms with Gasteiger partial charge in [-0.15, -0.1) is 0 Å². The Bertz CT molecular complexity index is 441. The summed E-state index contributed by atoms with van der Waals surface area (Å²) < 4.78 is 40.8. The van der Waals surface area contributed by atoms with Gasteiger partial charge in [0.25, 0.3) is 0 Å². The van der Waals surface area contributed by atoms with E-state index in [0.717, 1.165) is 12.8 Å². The minimum Gasteiger partial charge on any atom is -0.482 e. The molecule has 1 N–H and O–H groups in total. The largest absolute Gasteiger partial charge is 0.482 e. The minimum absolute atomic E-state index is 0.0133. The molecule has 0 heterocycles. The maximum Gasteiger partial charge on any atom is 0.422 e. The molecule has 1 aliphatic carbocycles. The van der Waals surface area contributed by atoms with E-state index in [1.54, 1.807) is 12.1 Å². The third-order valence-corrected chi connectivity index (χ3v) is 2.48. The highest BCUT2D eigenvalue weighted by molar-refractivity contribution is 5.95. The van der Waals surface area contributed by atoms with Gasteiger partial charge in [-0.3, -0.25) is 4.79 Å². The first-order chi connectivity index (χ1) is 8.46. The van der Waals surface area contributed by atoms with Crippen LogP contribution in [0.15, 0.2) is 24.3 Å². The van der Waals surface area contributed by atoms with Crippen LogP contribution in [0.25, 0.3) is 0 Å². The molecule has 1 amide bonds. The zero-order valence-corrected chi connectivity index (χ0v) is 9.46. The molecule has 1 aliphatic rings. The van der Waals surface area contributed by atoms with Crippen molar-refractivity contribution in [2.75, 3.05) is 11.9 Å². The predicted molar refractivity (Wildman–Crippen MR) is 59.3 cm³/mol. The smallest absolute Gasteiger partial charge is 0.422 e. The fourth-order valence-electron chi connectivity index (χ4n) is 1.44. The molecule has 0 spiro atoms. The van der Waals surface area contributed by atoms with E-state index in [4.69, 9.17) is 0 Å². The highest BCUT2D eigenvalue weighted by Crippen LogP contribution is 2.32. The average molecular weight is 259 g/mol. The summed E-state index contributed by atoms with van der Waals surface area (Å²) in [4.78, 5) is 11.5. The molecule has 0 aliphatic heterocycles. The van der Waals surface area contributed by atoms with Crippen LogP contribution in [0.1, 0.15) is 12.8 Å². The van der Waals surface area contributed by atoms with Crippen molar-refractivity contribution in [3.05, 3.63) is 24.3 Å². The first-order valence-electron chi connectivity index (χ1n) is 5.55. The van der Waals surface area contributed by atoms with Gasteiger partial charge in [0.15, 0.2) is 6.61 Å². The molecule has 0 bridgehead atoms. The Morgan fingerprint density at radius 2 is 2.00 bits per heavy atom. The van der Waals surface area contributed by atoms with E-state index in [-0.39, 0.29) is 23.3 Å². The van der Waals surface area contributed by atoms with E-state index < -0.39 is 12.8 Å². The number of amides is 1. The van der Waals surface area contributed by atoms with Crippen molar-refractivity contribution in [1.29, 1.82) is 0 Å². The molecule has 0 aromatic heterocycles. The number of carbonyl (C=O) groups is 1. The number of nitrogens with one attached hydrogen (secondary N) is 1. The van der Waals surface area contributed by atoms with Crippen molar-refractivity contribution < 1.29 is 22.7 Å². The maximum absolute atomic E-state index is 12.1. The van der Waals surface area contributed by atoms with Crippen LogP contribution in [-0.2, 0) is 4.79 Å². The van der Waals surface area contributed by atoms with Crippen molar-refractivity contribution >= 4 is 11.6 Å². The first-order valence-corrected chi connectivity index (χ1v) is 5.55. The Balaban J connectivity index is 2.02. The number of rotatable bonds is 4. The summed E-state index contributed by atoms with van der Waals surface area (Å²) in [5.74, 6) is -0.150. The van der Waals surface area contributed by atoms with E-state index in [2.05, 4.69) is 10.1 Å². The van der Waals surface area contributed by atoms with Gasteiger partial charge in [-0.25, -0.2) is 0 Å². The van der Waals surface area contributed by atoms with Gasteiger partial charge >= 0.3 is 6.18 Å². The van der Waals surface area contributed by atoms with Gasteiger partial charge < -0.3 is 10.1 Å². The zero-order valence-electron chi connectivity index (χ0n) is 9.46. The zero-order chi connectivity index (χ0) is 13.2. The number of hydrogen-bond acceptors (Lipinski definition) is 2. The summed E-state index contributed by atoms with van der Waals surface area (Å²) in [6, 6.07) is 6.10. The number of hydrogen-bond donors (Lipinski definition) is 1. The van der Waals surface area contributed by atoms with E-state index in [9.17, 15) is 18.0 Å². The van der Waals surface area contributed by atoms with E-state index in [0.29, 0.717) is 0 Å². The molecule has 0 unspecified atom stereocenters. The molecular weight excluding hydrogens is 247 g/mol. The van der Waals surface area contributed by atoms with Crippen LogP contribution >= 0.6 is 0 Å². The molecule has 6 heteroatoms.